The number of hydrogen-bond donors (Lipinski definition) is 0. The minimum atomic E-state index is -0.0845. The number of aryl methyl sites for hydroxylation is 2. The Morgan fingerprint density at radius 3 is 2.84 bits per heavy atom. The highest BCUT2D eigenvalue weighted by atomic mass is 16.2. The van der Waals surface area contributed by atoms with E-state index in [1.807, 2.05) is 47.7 Å². The second kappa shape index (κ2) is 8.23. The van der Waals surface area contributed by atoms with Gasteiger partial charge in [-0.25, -0.2) is 9.50 Å². The number of fused-ring (bicyclic) bond motifs is 1. The minimum absolute atomic E-state index is 0.0418. The molecule has 2 fully saturated rings. The van der Waals surface area contributed by atoms with Gasteiger partial charge in [0, 0.05) is 43.7 Å². The first-order valence-electron chi connectivity index (χ1n) is 11.3. The highest BCUT2D eigenvalue weighted by molar-refractivity contribution is 5.92. The zero-order chi connectivity index (χ0) is 22.2. The molecule has 0 aliphatic carbocycles. The highest BCUT2D eigenvalue weighted by Gasteiger charge is 2.32. The molecule has 1 unspecified atom stereocenters. The quantitative estimate of drug-likeness (QED) is 0.633. The number of nitriles is 1. The standard InChI is InChI=1S/C24H27N7O/c1-16-6-8-26-20(11-16)24(32)30-9-4-3-5-21(30)19-12-22-27-23(17(2)14-31(22)28-19)29-10-7-18(13-25)15-29/h6,8,11-12,14,18,21H,3-5,7,9-10,15H2,1-2H3/t18?,21-/m0/s1. The molecule has 8 nitrogen and oxygen atoms in total. The zero-order valence-electron chi connectivity index (χ0n) is 18.5. The van der Waals surface area contributed by atoms with Crippen LogP contribution >= 0.6 is 0 Å². The average molecular weight is 430 g/mol. The molecule has 0 saturated carbocycles. The van der Waals surface area contributed by atoms with Crippen molar-refractivity contribution in [1.82, 2.24) is 24.5 Å². The monoisotopic (exact) mass is 429 g/mol. The molecule has 0 N–H and O–H groups in total. The van der Waals surface area contributed by atoms with Crippen LogP contribution in [0.2, 0.25) is 0 Å². The van der Waals surface area contributed by atoms with Gasteiger partial charge in [-0.1, -0.05) is 0 Å². The molecule has 2 aliphatic heterocycles. The number of carbonyl (C=O) groups excluding carboxylic acids is 1. The number of piperidine rings is 1. The summed E-state index contributed by atoms with van der Waals surface area (Å²) in [5.74, 6) is 0.937. The van der Waals surface area contributed by atoms with Gasteiger partial charge < -0.3 is 9.80 Å². The van der Waals surface area contributed by atoms with E-state index in [1.165, 1.54) is 0 Å². The Morgan fingerprint density at radius 2 is 2.06 bits per heavy atom. The van der Waals surface area contributed by atoms with Gasteiger partial charge in [0.1, 0.15) is 11.5 Å². The summed E-state index contributed by atoms with van der Waals surface area (Å²) in [5, 5.41) is 14.0. The average Bonchev–Trinajstić information content (AvgIpc) is 3.44. The number of pyridine rings is 1. The first-order chi connectivity index (χ1) is 15.5. The summed E-state index contributed by atoms with van der Waals surface area (Å²) in [4.78, 5) is 26.6. The number of rotatable bonds is 3. The van der Waals surface area contributed by atoms with Crippen LogP contribution in [0.25, 0.3) is 5.65 Å². The fourth-order valence-electron chi connectivity index (χ4n) is 4.84. The Balaban J connectivity index is 1.46. The summed E-state index contributed by atoms with van der Waals surface area (Å²) in [6, 6.07) is 8.03. The number of anilines is 1. The molecule has 5 heterocycles. The molecule has 1 amide bonds. The fourth-order valence-corrected chi connectivity index (χ4v) is 4.84. The maximum atomic E-state index is 13.3. The lowest BCUT2D eigenvalue weighted by Gasteiger charge is -2.34. The third kappa shape index (κ3) is 3.68. The summed E-state index contributed by atoms with van der Waals surface area (Å²) in [5.41, 5.74) is 4.18. The lowest BCUT2D eigenvalue weighted by molar-refractivity contribution is 0.0599. The van der Waals surface area contributed by atoms with E-state index in [9.17, 15) is 10.1 Å². The Kier molecular flexibility index (Phi) is 5.25. The summed E-state index contributed by atoms with van der Waals surface area (Å²) in [7, 11) is 0. The predicted molar refractivity (Wildman–Crippen MR) is 120 cm³/mol. The second-order valence-corrected chi connectivity index (χ2v) is 8.91. The molecular weight excluding hydrogens is 402 g/mol. The first kappa shape index (κ1) is 20.4. The SMILES string of the molecule is Cc1ccnc(C(=O)N2CCCC[C@H]2c2cc3nc(N4CCC(C#N)C4)c(C)cn3n2)c1. The van der Waals surface area contributed by atoms with Crippen LogP contribution < -0.4 is 4.90 Å². The molecule has 8 heteroatoms. The van der Waals surface area contributed by atoms with Crippen LogP contribution in [0.1, 0.15) is 59.0 Å². The molecule has 2 aliphatic rings. The van der Waals surface area contributed by atoms with Crippen molar-refractivity contribution in [1.29, 1.82) is 5.26 Å². The largest absolute Gasteiger partial charge is 0.355 e. The van der Waals surface area contributed by atoms with E-state index in [-0.39, 0.29) is 17.9 Å². The van der Waals surface area contributed by atoms with Crippen molar-refractivity contribution in [2.24, 2.45) is 5.92 Å². The number of amides is 1. The smallest absolute Gasteiger partial charge is 0.273 e. The topological polar surface area (TPSA) is 90.4 Å². The van der Waals surface area contributed by atoms with Gasteiger partial charge in [-0.05, 0) is 57.2 Å². The van der Waals surface area contributed by atoms with E-state index in [2.05, 4.69) is 16.0 Å². The van der Waals surface area contributed by atoms with Gasteiger partial charge >= 0.3 is 0 Å². The molecule has 2 saturated heterocycles. The Labute approximate surface area is 187 Å². The Bertz CT molecular complexity index is 1210. The van der Waals surface area contributed by atoms with Gasteiger partial charge in [0.15, 0.2) is 5.65 Å². The van der Waals surface area contributed by atoms with Gasteiger partial charge in [0.2, 0.25) is 0 Å². The third-order valence-corrected chi connectivity index (χ3v) is 6.53. The zero-order valence-corrected chi connectivity index (χ0v) is 18.5. The van der Waals surface area contributed by atoms with Crippen LogP contribution in [-0.2, 0) is 0 Å². The molecule has 164 valence electrons. The number of carbonyl (C=O) groups is 1. The third-order valence-electron chi connectivity index (χ3n) is 6.53. The number of aromatic nitrogens is 4. The van der Waals surface area contributed by atoms with E-state index in [4.69, 9.17) is 10.1 Å². The van der Waals surface area contributed by atoms with Crippen molar-refractivity contribution in [3.63, 3.8) is 0 Å². The molecule has 3 aromatic heterocycles. The molecule has 5 rings (SSSR count). The van der Waals surface area contributed by atoms with Crippen molar-refractivity contribution in [2.45, 2.75) is 45.6 Å². The molecule has 0 radical (unpaired) electrons. The van der Waals surface area contributed by atoms with E-state index in [1.54, 1.807) is 6.20 Å². The van der Waals surface area contributed by atoms with Gasteiger partial charge in [0.25, 0.3) is 5.91 Å². The predicted octanol–water partition coefficient (Wildman–Crippen LogP) is 3.46. The minimum Gasteiger partial charge on any atom is -0.355 e. The maximum absolute atomic E-state index is 13.3. The van der Waals surface area contributed by atoms with E-state index >= 15 is 0 Å². The van der Waals surface area contributed by atoms with Crippen LogP contribution in [0.15, 0.2) is 30.6 Å². The fraction of sp³-hybridized carbons (Fsp3) is 0.458. The van der Waals surface area contributed by atoms with E-state index in [0.29, 0.717) is 12.2 Å². The molecule has 0 aromatic carbocycles. The van der Waals surface area contributed by atoms with Crippen LogP contribution in [0.3, 0.4) is 0 Å². The molecule has 2 atom stereocenters. The summed E-state index contributed by atoms with van der Waals surface area (Å²) >= 11 is 0. The van der Waals surface area contributed by atoms with Gasteiger partial charge in [-0.3, -0.25) is 9.78 Å². The number of likely N-dealkylation sites (tertiary alicyclic amines) is 1. The highest BCUT2D eigenvalue weighted by Crippen LogP contribution is 2.32. The Hall–Kier alpha value is -3.47. The van der Waals surface area contributed by atoms with Gasteiger partial charge in [-0.2, -0.15) is 10.4 Å². The first-order valence-corrected chi connectivity index (χ1v) is 11.3. The lowest BCUT2D eigenvalue weighted by Crippen LogP contribution is -2.39. The summed E-state index contributed by atoms with van der Waals surface area (Å²) in [6.45, 7) is 6.27. The van der Waals surface area contributed by atoms with Crippen molar-refractivity contribution >= 4 is 17.4 Å². The van der Waals surface area contributed by atoms with Crippen molar-refractivity contribution in [2.75, 3.05) is 24.5 Å². The molecule has 32 heavy (non-hydrogen) atoms. The van der Waals surface area contributed by atoms with Gasteiger partial charge in [0.05, 0.1) is 23.7 Å². The molecular formula is C24H27N7O. The molecule has 0 spiro atoms. The van der Waals surface area contributed by atoms with Crippen LogP contribution in [-0.4, -0.2) is 50.0 Å². The van der Waals surface area contributed by atoms with Crippen LogP contribution in [0.5, 0.6) is 0 Å². The normalized spacial score (nSPS) is 21.2. The van der Waals surface area contributed by atoms with Crippen molar-refractivity contribution < 1.29 is 4.79 Å². The van der Waals surface area contributed by atoms with Crippen molar-refractivity contribution in [3.05, 3.63) is 53.1 Å². The van der Waals surface area contributed by atoms with Gasteiger partial charge in [-0.15, -0.1) is 0 Å². The molecule has 0 bridgehead atoms. The molecule has 3 aromatic rings. The van der Waals surface area contributed by atoms with Crippen LogP contribution in [0, 0.1) is 31.1 Å². The second-order valence-electron chi connectivity index (χ2n) is 8.91. The van der Waals surface area contributed by atoms with E-state index < -0.39 is 0 Å². The van der Waals surface area contributed by atoms with Crippen molar-refractivity contribution in [3.8, 4) is 6.07 Å². The van der Waals surface area contributed by atoms with E-state index in [0.717, 1.165) is 67.1 Å². The lowest BCUT2D eigenvalue weighted by atomic mass is 9.98. The summed E-state index contributed by atoms with van der Waals surface area (Å²) in [6.07, 6.45) is 7.49. The summed E-state index contributed by atoms with van der Waals surface area (Å²) < 4.78 is 1.81. The van der Waals surface area contributed by atoms with Crippen LogP contribution in [0.4, 0.5) is 5.82 Å². The maximum Gasteiger partial charge on any atom is 0.273 e. The number of hydrogen-bond acceptors (Lipinski definition) is 6. The number of nitrogens with zero attached hydrogens (tertiary/aromatic N) is 7. The Morgan fingerprint density at radius 1 is 1.19 bits per heavy atom.